The molecule has 2 aromatic heterocycles. The molecule has 2 aromatic rings. The number of nitrogens with one attached hydrogen (secondary N) is 2. The first-order valence-electron chi connectivity index (χ1n) is 5.93. The lowest BCUT2D eigenvalue weighted by Gasteiger charge is -2.10. The van der Waals surface area contributed by atoms with Gasteiger partial charge in [-0.3, -0.25) is 9.78 Å². The van der Waals surface area contributed by atoms with E-state index in [4.69, 9.17) is 0 Å². The van der Waals surface area contributed by atoms with E-state index in [1.807, 2.05) is 0 Å². The fourth-order valence-corrected chi connectivity index (χ4v) is 2.36. The summed E-state index contributed by atoms with van der Waals surface area (Å²) in [4.78, 5) is 23.3. The number of amides is 1. The molecule has 1 saturated carbocycles. The Morgan fingerprint density at radius 1 is 1.29 bits per heavy atom. The Bertz CT molecular complexity index is 542. The van der Waals surface area contributed by atoms with Crippen LogP contribution in [0.3, 0.4) is 0 Å². The van der Waals surface area contributed by atoms with Crippen LogP contribution in [0.15, 0.2) is 18.6 Å². The Morgan fingerprint density at radius 2 is 2.06 bits per heavy atom. The van der Waals surface area contributed by atoms with E-state index < -0.39 is 0 Å². The number of fused-ring (bicyclic) bond motifs is 1. The summed E-state index contributed by atoms with van der Waals surface area (Å²) < 4.78 is 0. The Balaban J connectivity index is 1.85. The van der Waals surface area contributed by atoms with Crippen molar-refractivity contribution in [3.63, 3.8) is 0 Å². The molecule has 5 nitrogen and oxygen atoms in total. The lowest BCUT2D eigenvalue weighted by Crippen LogP contribution is -2.32. The number of aromatic nitrogens is 3. The van der Waals surface area contributed by atoms with Gasteiger partial charge in [0.05, 0.1) is 5.56 Å². The molecule has 5 heteroatoms. The van der Waals surface area contributed by atoms with Crippen LogP contribution in [-0.4, -0.2) is 26.9 Å². The van der Waals surface area contributed by atoms with Crippen LogP contribution < -0.4 is 5.32 Å². The summed E-state index contributed by atoms with van der Waals surface area (Å²) in [5.41, 5.74) is 1.88. The summed E-state index contributed by atoms with van der Waals surface area (Å²) in [6.07, 6.45) is 9.46. The lowest BCUT2D eigenvalue weighted by atomic mass is 10.2. The Morgan fingerprint density at radius 3 is 2.88 bits per heavy atom. The number of hydrogen-bond acceptors (Lipinski definition) is 3. The highest BCUT2D eigenvalue weighted by Crippen LogP contribution is 2.19. The van der Waals surface area contributed by atoms with Crippen LogP contribution in [0.4, 0.5) is 0 Å². The molecule has 2 heterocycles. The molecule has 1 aliphatic rings. The molecule has 0 spiro atoms. The van der Waals surface area contributed by atoms with Crippen LogP contribution in [0.5, 0.6) is 0 Å². The van der Waals surface area contributed by atoms with Gasteiger partial charge in [0.1, 0.15) is 5.52 Å². The van der Waals surface area contributed by atoms with Gasteiger partial charge in [0.2, 0.25) is 0 Å². The minimum absolute atomic E-state index is 0.0522. The number of H-pyrrole nitrogens is 1. The van der Waals surface area contributed by atoms with Crippen LogP contribution in [0.2, 0.25) is 0 Å². The van der Waals surface area contributed by atoms with E-state index in [2.05, 4.69) is 20.3 Å². The second kappa shape index (κ2) is 4.16. The number of carbonyl (C=O) groups is 1. The molecular formula is C12H14N4O. The van der Waals surface area contributed by atoms with Crippen molar-refractivity contribution in [2.45, 2.75) is 31.7 Å². The molecule has 3 rings (SSSR count). The zero-order valence-electron chi connectivity index (χ0n) is 9.44. The van der Waals surface area contributed by atoms with Crippen LogP contribution >= 0.6 is 0 Å². The van der Waals surface area contributed by atoms with Crippen molar-refractivity contribution in [3.05, 3.63) is 24.2 Å². The molecule has 2 N–H and O–H groups in total. The maximum atomic E-state index is 12.1. The van der Waals surface area contributed by atoms with Crippen LogP contribution in [-0.2, 0) is 0 Å². The molecular weight excluding hydrogens is 216 g/mol. The van der Waals surface area contributed by atoms with Crippen molar-refractivity contribution in [3.8, 4) is 0 Å². The van der Waals surface area contributed by atoms with Gasteiger partial charge in [-0.2, -0.15) is 0 Å². The van der Waals surface area contributed by atoms with Crippen LogP contribution in [0.1, 0.15) is 36.0 Å². The maximum Gasteiger partial charge on any atom is 0.255 e. The summed E-state index contributed by atoms with van der Waals surface area (Å²) >= 11 is 0. The molecule has 0 bridgehead atoms. The first-order valence-corrected chi connectivity index (χ1v) is 5.93. The maximum absolute atomic E-state index is 12.1. The van der Waals surface area contributed by atoms with Gasteiger partial charge in [0.25, 0.3) is 5.91 Å². The molecule has 0 radical (unpaired) electrons. The van der Waals surface area contributed by atoms with E-state index in [0.717, 1.165) is 12.8 Å². The third-order valence-electron chi connectivity index (χ3n) is 3.24. The summed E-state index contributed by atoms with van der Waals surface area (Å²) in [7, 11) is 0. The summed E-state index contributed by atoms with van der Waals surface area (Å²) in [5, 5.41) is 3.05. The topological polar surface area (TPSA) is 70.7 Å². The third kappa shape index (κ3) is 1.88. The van der Waals surface area contributed by atoms with E-state index in [9.17, 15) is 4.79 Å². The molecule has 88 valence electrons. The van der Waals surface area contributed by atoms with Crippen molar-refractivity contribution in [2.24, 2.45) is 0 Å². The summed E-state index contributed by atoms with van der Waals surface area (Å²) in [6, 6.07) is 0.323. The molecule has 1 amide bonds. The molecule has 1 aliphatic carbocycles. The molecule has 0 unspecified atom stereocenters. The third-order valence-corrected chi connectivity index (χ3v) is 3.24. The predicted molar refractivity (Wildman–Crippen MR) is 63.6 cm³/mol. The summed E-state index contributed by atoms with van der Waals surface area (Å²) in [5.74, 6) is -0.0522. The highest BCUT2D eigenvalue weighted by molar-refractivity contribution is 6.04. The smallest absolute Gasteiger partial charge is 0.255 e. The highest BCUT2D eigenvalue weighted by atomic mass is 16.1. The number of rotatable bonds is 2. The Kier molecular flexibility index (Phi) is 2.51. The van der Waals surface area contributed by atoms with Gasteiger partial charge in [0.15, 0.2) is 5.65 Å². The van der Waals surface area contributed by atoms with E-state index >= 15 is 0 Å². The second-order valence-corrected chi connectivity index (χ2v) is 4.41. The molecule has 0 aromatic carbocycles. The van der Waals surface area contributed by atoms with Gasteiger partial charge in [-0.15, -0.1) is 0 Å². The normalized spacial score (nSPS) is 16.5. The minimum atomic E-state index is -0.0522. The average Bonchev–Trinajstić information content (AvgIpc) is 2.96. The molecule has 0 saturated heterocycles. The standard InChI is InChI=1S/C12H14N4O/c17-12(16-8-3-1-2-4-8)9-7-15-11-10(9)13-5-6-14-11/h5-8H,1-4H2,(H,14,15)(H,16,17). The van der Waals surface area contributed by atoms with Gasteiger partial charge in [-0.25, -0.2) is 4.98 Å². The molecule has 0 atom stereocenters. The Labute approximate surface area is 98.7 Å². The number of carbonyl (C=O) groups excluding carboxylic acids is 1. The quantitative estimate of drug-likeness (QED) is 0.823. The van der Waals surface area contributed by atoms with Gasteiger partial charge in [-0.05, 0) is 12.8 Å². The number of aromatic amines is 1. The van der Waals surface area contributed by atoms with Gasteiger partial charge in [0, 0.05) is 24.6 Å². The van der Waals surface area contributed by atoms with Gasteiger partial charge in [-0.1, -0.05) is 12.8 Å². The predicted octanol–water partition coefficient (Wildman–Crippen LogP) is 1.63. The van der Waals surface area contributed by atoms with Crippen molar-refractivity contribution < 1.29 is 4.79 Å². The summed E-state index contributed by atoms with van der Waals surface area (Å²) in [6.45, 7) is 0. The minimum Gasteiger partial charge on any atom is -0.349 e. The van der Waals surface area contributed by atoms with Gasteiger partial charge >= 0.3 is 0 Å². The zero-order valence-corrected chi connectivity index (χ0v) is 9.44. The van der Waals surface area contributed by atoms with Crippen molar-refractivity contribution in [2.75, 3.05) is 0 Å². The van der Waals surface area contributed by atoms with E-state index in [0.29, 0.717) is 22.8 Å². The molecule has 0 aliphatic heterocycles. The second-order valence-electron chi connectivity index (χ2n) is 4.41. The number of hydrogen-bond donors (Lipinski definition) is 2. The van der Waals surface area contributed by atoms with E-state index in [-0.39, 0.29) is 5.91 Å². The van der Waals surface area contributed by atoms with E-state index in [1.165, 1.54) is 12.8 Å². The fourth-order valence-electron chi connectivity index (χ4n) is 2.36. The molecule has 17 heavy (non-hydrogen) atoms. The van der Waals surface area contributed by atoms with Crippen molar-refractivity contribution in [1.29, 1.82) is 0 Å². The van der Waals surface area contributed by atoms with Crippen LogP contribution in [0, 0.1) is 0 Å². The fraction of sp³-hybridized carbons (Fsp3) is 0.417. The largest absolute Gasteiger partial charge is 0.349 e. The van der Waals surface area contributed by atoms with E-state index in [1.54, 1.807) is 18.6 Å². The highest BCUT2D eigenvalue weighted by Gasteiger charge is 2.20. The lowest BCUT2D eigenvalue weighted by molar-refractivity contribution is 0.0939. The zero-order chi connectivity index (χ0) is 11.7. The molecule has 1 fully saturated rings. The Hall–Kier alpha value is -1.91. The number of nitrogens with zero attached hydrogens (tertiary/aromatic N) is 2. The first kappa shape index (κ1) is 10.3. The van der Waals surface area contributed by atoms with Crippen molar-refractivity contribution in [1.82, 2.24) is 20.3 Å². The van der Waals surface area contributed by atoms with Gasteiger partial charge < -0.3 is 10.3 Å². The first-order chi connectivity index (χ1) is 8.34. The average molecular weight is 230 g/mol. The van der Waals surface area contributed by atoms with Crippen LogP contribution in [0.25, 0.3) is 11.2 Å². The SMILES string of the molecule is O=C(NC1CCCC1)c1c[nH]c2nccnc12. The monoisotopic (exact) mass is 230 g/mol. The van der Waals surface area contributed by atoms with Crippen molar-refractivity contribution >= 4 is 17.1 Å².